The Labute approximate surface area is 123 Å². The molecule has 0 fully saturated rings. The molecule has 100 valence electrons. The molecule has 7 heteroatoms. The van der Waals surface area contributed by atoms with E-state index in [-0.39, 0.29) is 11.7 Å². The molecule has 0 radical (unpaired) electrons. The van der Waals surface area contributed by atoms with Gasteiger partial charge in [-0.15, -0.1) is 5.10 Å². The van der Waals surface area contributed by atoms with Crippen LogP contribution in [0.15, 0.2) is 22.7 Å². The molecule has 1 aromatic carbocycles. The van der Waals surface area contributed by atoms with Crippen LogP contribution in [0.4, 0.5) is 5.69 Å². The lowest BCUT2D eigenvalue weighted by Gasteiger charge is -2.06. The van der Waals surface area contributed by atoms with Crippen molar-refractivity contribution in [3.63, 3.8) is 0 Å². The van der Waals surface area contributed by atoms with E-state index in [2.05, 4.69) is 36.4 Å². The van der Waals surface area contributed by atoms with Gasteiger partial charge in [0.15, 0.2) is 0 Å². The number of halogens is 2. The van der Waals surface area contributed by atoms with E-state index in [1.807, 2.05) is 6.92 Å². The van der Waals surface area contributed by atoms with Crippen LogP contribution in [0.3, 0.4) is 0 Å². The number of anilines is 1. The van der Waals surface area contributed by atoms with E-state index in [1.165, 1.54) is 0 Å². The van der Waals surface area contributed by atoms with Gasteiger partial charge < -0.3 is 5.32 Å². The number of carbonyl (C=O) groups is 1. The zero-order chi connectivity index (χ0) is 13.8. The van der Waals surface area contributed by atoms with Crippen molar-refractivity contribution in [1.29, 1.82) is 0 Å². The molecule has 0 aliphatic heterocycles. The summed E-state index contributed by atoms with van der Waals surface area (Å²) >= 11 is 9.27. The molecule has 5 nitrogen and oxygen atoms in total. The summed E-state index contributed by atoms with van der Waals surface area (Å²) < 4.78 is 0.634. The minimum absolute atomic E-state index is 0.121. The number of nitrogens with zero attached hydrogens (tertiary/aromatic N) is 2. The first-order valence-electron chi connectivity index (χ1n) is 5.78. The summed E-state index contributed by atoms with van der Waals surface area (Å²) in [7, 11) is 0. The summed E-state index contributed by atoms with van der Waals surface area (Å²) in [6, 6.07) is 5.23. The first-order valence-corrected chi connectivity index (χ1v) is 6.95. The van der Waals surface area contributed by atoms with Crippen molar-refractivity contribution in [2.24, 2.45) is 0 Å². The van der Waals surface area contributed by atoms with Crippen LogP contribution in [-0.2, 0) is 6.42 Å². The summed E-state index contributed by atoms with van der Waals surface area (Å²) in [6.07, 6.45) is 1.71. The number of carbonyl (C=O) groups excluding carboxylic acids is 1. The number of aromatic nitrogens is 3. The average molecular weight is 344 g/mol. The highest BCUT2D eigenvalue weighted by atomic mass is 79.9. The van der Waals surface area contributed by atoms with Gasteiger partial charge in [-0.1, -0.05) is 24.6 Å². The Morgan fingerprint density at radius 1 is 1.53 bits per heavy atom. The van der Waals surface area contributed by atoms with Crippen LogP contribution in [0.25, 0.3) is 0 Å². The number of aryl methyl sites for hydroxylation is 1. The standard InChI is InChI=1S/C12H12BrClN4O/c1-2-4-9-16-11(18-17-9)12(19)15-8-6-3-5-7(14)10(8)13/h3,5-6H,2,4H2,1H3,(H,15,19)(H,16,17,18). The SMILES string of the molecule is CCCc1nc(C(=O)Nc2cccc(Cl)c2Br)n[nH]1. The summed E-state index contributed by atoms with van der Waals surface area (Å²) in [5.74, 6) is 0.453. The summed E-state index contributed by atoms with van der Waals surface area (Å²) in [5, 5.41) is 9.86. The van der Waals surface area contributed by atoms with Crippen LogP contribution in [0, 0.1) is 0 Å². The van der Waals surface area contributed by atoms with E-state index in [0.29, 0.717) is 21.0 Å². The van der Waals surface area contributed by atoms with E-state index < -0.39 is 0 Å². The predicted molar refractivity (Wildman–Crippen MR) is 77.5 cm³/mol. The second-order valence-corrected chi connectivity index (χ2v) is 5.11. The number of hydrogen-bond donors (Lipinski definition) is 2. The van der Waals surface area contributed by atoms with E-state index in [1.54, 1.807) is 18.2 Å². The first-order chi connectivity index (χ1) is 9.11. The zero-order valence-corrected chi connectivity index (χ0v) is 12.5. The third-order valence-corrected chi connectivity index (χ3v) is 3.82. The molecule has 0 aliphatic carbocycles. The maximum absolute atomic E-state index is 12.0. The van der Waals surface area contributed by atoms with Crippen LogP contribution in [0.2, 0.25) is 5.02 Å². The number of amides is 1. The maximum Gasteiger partial charge on any atom is 0.295 e. The summed E-state index contributed by atoms with van der Waals surface area (Å²) in [4.78, 5) is 16.1. The molecule has 2 N–H and O–H groups in total. The van der Waals surface area contributed by atoms with Gasteiger partial charge in [-0.25, -0.2) is 4.98 Å². The molecule has 2 rings (SSSR count). The molecule has 0 spiro atoms. The van der Waals surface area contributed by atoms with Gasteiger partial charge in [0, 0.05) is 6.42 Å². The Morgan fingerprint density at radius 2 is 2.32 bits per heavy atom. The molecule has 1 heterocycles. The summed E-state index contributed by atoms with van der Waals surface area (Å²) in [6.45, 7) is 2.03. The van der Waals surface area contributed by atoms with Gasteiger partial charge in [0.05, 0.1) is 15.2 Å². The van der Waals surface area contributed by atoms with E-state index in [0.717, 1.165) is 12.8 Å². The Balaban J connectivity index is 2.14. The van der Waals surface area contributed by atoms with Crippen molar-refractivity contribution in [1.82, 2.24) is 15.2 Å². The fourth-order valence-electron chi connectivity index (χ4n) is 1.52. The molecule has 0 saturated heterocycles. The number of hydrogen-bond acceptors (Lipinski definition) is 3. The fraction of sp³-hybridized carbons (Fsp3) is 0.250. The van der Waals surface area contributed by atoms with Gasteiger partial charge in [-0.3, -0.25) is 9.89 Å². The molecular weight excluding hydrogens is 332 g/mol. The zero-order valence-electron chi connectivity index (χ0n) is 10.2. The molecule has 1 amide bonds. The molecule has 2 aromatic rings. The highest BCUT2D eigenvalue weighted by molar-refractivity contribution is 9.10. The molecular formula is C12H12BrClN4O. The predicted octanol–water partition coefficient (Wildman–Crippen LogP) is 3.43. The van der Waals surface area contributed by atoms with Crippen LogP contribution < -0.4 is 5.32 Å². The summed E-state index contributed by atoms with van der Waals surface area (Å²) in [5.41, 5.74) is 0.583. The van der Waals surface area contributed by atoms with Gasteiger partial charge in [0.2, 0.25) is 5.82 Å². The van der Waals surface area contributed by atoms with E-state index in [9.17, 15) is 4.79 Å². The van der Waals surface area contributed by atoms with Gasteiger partial charge in [-0.2, -0.15) is 0 Å². The van der Waals surface area contributed by atoms with Gasteiger partial charge >= 0.3 is 0 Å². The lowest BCUT2D eigenvalue weighted by Crippen LogP contribution is -2.14. The largest absolute Gasteiger partial charge is 0.318 e. The number of H-pyrrole nitrogens is 1. The van der Waals surface area contributed by atoms with Crippen molar-refractivity contribution >= 4 is 39.1 Å². The van der Waals surface area contributed by atoms with Crippen molar-refractivity contribution in [3.8, 4) is 0 Å². The molecule has 0 atom stereocenters. The van der Waals surface area contributed by atoms with Crippen molar-refractivity contribution in [2.45, 2.75) is 19.8 Å². The maximum atomic E-state index is 12.0. The monoisotopic (exact) mass is 342 g/mol. The third-order valence-electron chi connectivity index (χ3n) is 2.42. The molecule has 0 bridgehead atoms. The second kappa shape index (κ2) is 6.16. The van der Waals surface area contributed by atoms with E-state index >= 15 is 0 Å². The minimum Gasteiger partial charge on any atom is -0.318 e. The topological polar surface area (TPSA) is 70.7 Å². The van der Waals surface area contributed by atoms with Gasteiger partial charge in [-0.05, 0) is 34.5 Å². The van der Waals surface area contributed by atoms with Crippen molar-refractivity contribution in [3.05, 3.63) is 39.3 Å². The Kier molecular flexibility index (Phi) is 4.55. The fourth-order valence-corrected chi connectivity index (χ4v) is 2.06. The average Bonchev–Trinajstić information content (AvgIpc) is 2.84. The molecule has 0 aliphatic rings. The molecule has 0 saturated carbocycles. The van der Waals surface area contributed by atoms with Crippen LogP contribution in [-0.4, -0.2) is 21.1 Å². The smallest absolute Gasteiger partial charge is 0.295 e. The molecule has 1 aromatic heterocycles. The quantitative estimate of drug-likeness (QED) is 0.893. The number of rotatable bonds is 4. The lowest BCUT2D eigenvalue weighted by molar-refractivity contribution is 0.101. The molecule has 19 heavy (non-hydrogen) atoms. The Morgan fingerprint density at radius 3 is 3.05 bits per heavy atom. The Bertz CT molecular complexity index is 599. The number of aromatic amines is 1. The second-order valence-electron chi connectivity index (χ2n) is 3.91. The normalized spacial score (nSPS) is 10.5. The van der Waals surface area contributed by atoms with Crippen LogP contribution in [0.5, 0.6) is 0 Å². The highest BCUT2D eigenvalue weighted by Gasteiger charge is 2.14. The van der Waals surface area contributed by atoms with Gasteiger partial charge in [0.25, 0.3) is 5.91 Å². The lowest BCUT2D eigenvalue weighted by atomic mass is 10.3. The van der Waals surface area contributed by atoms with E-state index in [4.69, 9.17) is 11.6 Å². The van der Waals surface area contributed by atoms with Crippen molar-refractivity contribution in [2.75, 3.05) is 5.32 Å². The first kappa shape index (κ1) is 14.0. The molecule has 0 unspecified atom stereocenters. The highest BCUT2D eigenvalue weighted by Crippen LogP contribution is 2.30. The van der Waals surface area contributed by atoms with Crippen LogP contribution in [0.1, 0.15) is 29.8 Å². The van der Waals surface area contributed by atoms with Crippen LogP contribution >= 0.6 is 27.5 Å². The third kappa shape index (κ3) is 3.33. The number of nitrogens with one attached hydrogen (secondary N) is 2. The van der Waals surface area contributed by atoms with Crippen molar-refractivity contribution < 1.29 is 4.79 Å². The minimum atomic E-state index is -0.374. The Hall–Kier alpha value is -1.40. The van der Waals surface area contributed by atoms with Gasteiger partial charge in [0.1, 0.15) is 5.82 Å². The number of benzene rings is 1.